The Morgan fingerprint density at radius 2 is 1.62 bits per heavy atom. The number of Topliss-reactive ketones (excluding diaryl/α,β-unsaturated/α-hetero) is 1. The summed E-state index contributed by atoms with van der Waals surface area (Å²) in [6.07, 6.45) is 0. The molecule has 0 saturated carbocycles. The molecule has 0 aliphatic carbocycles. The van der Waals surface area contributed by atoms with Crippen LogP contribution in [-0.2, 0) is 14.3 Å². The Labute approximate surface area is 168 Å². The normalized spacial score (nSPS) is 10.0. The van der Waals surface area contributed by atoms with Gasteiger partial charge in [-0.2, -0.15) is 0 Å². The molecule has 0 atom stereocenters. The number of ketones is 1. The van der Waals surface area contributed by atoms with E-state index in [0.717, 1.165) is 11.1 Å². The quantitative estimate of drug-likeness (QED) is 0.548. The van der Waals surface area contributed by atoms with Crippen molar-refractivity contribution in [1.82, 2.24) is 5.32 Å². The standard InChI is InChI=1S/C21H22N2O6/c1-13-4-9-18(14(2)10-13)22-21(27)23-19(25)11-29-20(26)12-28-17-7-5-16(6-8-17)15(3)24/h4-10H,11-12H2,1-3H3,(H2,22,23,25,27). The van der Waals surface area contributed by atoms with Crippen LogP contribution in [0.4, 0.5) is 10.5 Å². The lowest BCUT2D eigenvalue weighted by Crippen LogP contribution is -2.37. The number of esters is 1. The van der Waals surface area contributed by atoms with Crippen molar-refractivity contribution in [3.63, 3.8) is 0 Å². The highest BCUT2D eigenvalue weighted by Crippen LogP contribution is 2.15. The van der Waals surface area contributed by atoms with Gasteiger partial charge in [-0.3, -0.25) is 14.9 Å². The smallest absolute Gasteiger partial charge is 0.344 e. The maximum atomic E-state index is 11.9. The second kappa shape index (κ2) is 10.0. The Bertz CT molecular complexity index is 921. The maximum Gasteiger partial charge on any atom is 0.344 e. The average Bonchev–Trinajstić information content (AvgIpc) is 2.67. The average molecular weight is 398 g/mol. The van der Waals surface area contributed by atoms with Gasteiger partial charge >= 0.3 is 12.0 Å². The second-order valence-corrected chi connectivity index (χ2v) is 6.35. The third-order valence-electron chi connectivity index (χ3n) is 3.86. The highest BCUT2D eigenvalue weighted by atomic mass is 16.6. The predicted octanol–water partition coefficient (Wildman–Crippen LogP) is 2.78. The number of nitrogens with one attached hydrogen (secondary N) is 2. The Morgan fingerprint density at radius 1 is 0.931 bits per heavy atom. The van der Waals surface area contributed by atoms with E-state index in [0.29, 0.717) is 17.0 Å². The minimum atomic E-state index is -0.773. The number of aryl methyl sites for hydroxylation is 2. The minimum Gasteiger partial charge on any atom is -0.482 e. The van der Waals surface area contributed by atoms with Crippen LogP contribution in [0.15, 0.2) is 42.5 Å². The van der Waals surface area contributed by atoms with Gasteiger partial charge in [0, 0.05) is 11.3 Å². The molecule has 0 saturated heterocycles. The molecule has 0 aliphatic heterocycles. The number of rotatable bonds is 7. The number of amides is 3. The van der Waals surface area contributed by atoms with Crippen LogP contribution < -0.4 is 15.4 Å². The molecule has 2 N–H and O–H groups in total. The zero-order valence-corrected chi connectivity index (χ0v) is 16.4. The number of ether oxygens (including phenoxy) is 2. The number of anilines is 1. The summed E-state index contributed by atoms with van der Waals surface area (Å²) in [7, 11) is 0. The first-order chi connectivity index (χ1) is 13.7. The van der Waals surface area contributed by atoms with E-state index in [4.69, 9.17) is 9.47 Å². The largest absolute Gasteiger partial charge is 0.482 e. The summed E-state index contributed by atoms with van der Waals surface area (Å²) < 4.78 is 9.99. The summed E-state index contributed by atoms with van der Waals surface area (Å²) in [6.45, 7) is 4.17. The van der Waals surface area contributed by atoms with Crippen LogP contribution in [0, 0.1) is 13.8 Å². The van der Waals surface area contributed by atoms with Gasteiger partial charge in [0.25, 0.3) is 5.91 Å². The van der Waals surface area contributed by atoms with Crippen molar-refractivity contribution in [2.24, 2.45) is 0 Å². The summed E-state index contributed by atoms with van der Waals surface area (Å²) in [5, 5.41) is 4.63. The SMILES string of the molecule is CC(=O)c1ccc(OCC(=O)OCC(=O)NC(=O)Nc2ccc(C)cc2C)cc1. The zero-order chi connectivity index (χ0) is 21.4. The third kappa shape index (κ3) is 7.10. The number of carbonyl (C=O) groups excluding carboxylic acids is 4. The van der Waals surface area contributed by atoms with Crippen molar-refractivity contribution in [1.29, 1.82) is 0 Å². The van der Waals surface area contributed by atoms with Gasteiger partial charge in [-0.15, -0.1) is 0 Å². The molecule has 0 spiro atoms. The van der Waals surface area contributed by atoms with E-state index in [-0.39, 0.29) is 5.78 Å². The highest BCUT2D eigenvalue weighted by Gasteiger charge is 2.12. The van der Waals surface area contributed by atoms with Gasteiger partial charge in [-0.25, -0.2) is 9.59 Å². The molecule has 0 heterocycles. The lowest BCUT2D eigenvalue weighted by atomic mass is 10.1. The Balaban J connectivity index is 1.71. The van der Waals surface area contributed by atoms with E-state index in [9.17, 15) is 19.2 Å². The molecule has 2 aromatic carbocycles. The van der Waals surface area contributed by atoms with E-state index >= 15 is 0 Å². The number of hydrogen-bond donors (Lipinski definition) is 2. The van der Waals surface area contributed by atoms with Crippen molar-refractivity contribution in [2.75, 3.05) is 18.5 Å². The maximum absolute atomic E-state index is 11.9. The van der Waals surface area contributed by atoms with Gasteiger partial charge < -0.3 is 14.8 Å². The van der Waals surface area contributed by atoms with Gasteiger partial charge in [0.15, 0.2) is 19.0 Å². The summed E-state index contributed by atoms with van der Waals surface area (Å²) in [6, 6.07) is 11.0. The van der Waals surface area contributed by atoms with Gasteiger partial charge in [0.2, 0.25) is 0 Å². The fraction of sp³-hybridized carbons (Fsp3) is 0.238. The predicted molar refractivity (Wildman–Crippen MR) is 106 cm³/mol. The number of benzene rings is 2. The van der Waals surface area contributed by atoms with Crippen LogP contribution in [0.1, 0.15) is 28.4 Å². The van der Waals surface area contributed by atoms with Crippen molar-refractivity contribution in [3.05, 3.63) is 59.2 Å². The molecule has 0 fully saturated rings. The molecule has 8 heteroatoms. The van der Waals surface area contributed by atoms with Crippen molar-refractivity contribution in [2.45, 2.75) is 20.8 Å². The first-order valence-corrected chi connectivity index (χ1v) is 8.82. The van der Waals surface area contributed by atoms with Gasteiger partial charge in [0.1, 0.15) is 5.75 Å². The van der Waals surface area contributed by atoms with Gasteiger partial charge in [-0.1, -0.05) is 17.7 Å². The lowest BCUT2D eigenvalue weighted by Gasteiger charge is -2.10. The number of urea groups is 1. The van der Waals surface area contributed by atoms with Crippen molar-refractivity contribution >= 4 is 29.4 Å². The van der Waals surface area contributed by atoms with E-state index in [2.05, 4.69) is 10.6 Å². The van der Waals surface area contributed by atoms with Gasteiger partial charge in [-0.05, 0) is 56.7 Å². The minimum absolute atomic E-state index is 0.0800. The Kier molecular flexibility index (Phi) is 7.47. The Hall–Kier alpha value is -3.68. The molecular weight excluding hydrogens is 376 g/mol. The first kappa shape index (κ1) is 21.6. The van der Waals surface area contributed by atoms with Gasteiger partial charge in [0.05, 0.1) is 0 Å². The summed E-state index contributed by atoms with van der Waals surface area (Å²) in [5.74, 6) is -1.25. The Morgan fingerprint density at radius 3 is 2.24 bits per heavy atom. The molecule has 29 heavy (non-hydrogen) atoms. The molecule has 0 aromatic heterocycles. The third-order valence-corrected chi connectivity index (χ3v) is 3.86. The summed E-state index contributed by atoms with van der Waals surface area (Å²) in [4.78, 5) is 46.5. The lowest BCUT2D eigenvalue weighted by molar-refractivity contribution is -0.150. The van der Waals surface area contributed by atoms with Crippen LogP contribution in [0.2, 0.25) is 0 Å². The van der Waals surface area contributed by atoms with Crippen molar-refractivity contribution in [3.8, 4) is 5.75 Å². The van der Waals surface area contributed by atoms with Crippen LogP contribution >= 0.6 is 0 Å². The van der Waals surface area contributed by atoms with Crippen LogP contribution in [-0.4, -0.2) is 36.9 Å². The zero-order valence-electron chi connectivity index (χ0n) is 16.4. The number of imide groups is 1. The number of hydrogen-bond acceptors (Lipinski definition) is 6. The fourth-order valence-corrected chi connectivity index (χ4v) is 2.39. The molecule has 2 rings (SSSR count). The first-order valence-electron chi connectivity index (χ1n) is 8.82. The van der Waals surface area contributed by atoms with E-state index in [1.165, 1.54) is 6.92 Å². The molecule has 3 amide bonds. The molecule has 2 aromatic rings. The summed E-state index contributed by atoms with van der Waals surface area (Å²) in [5.41, 5.74) is 3.00. The van der Waals surface area contributed by atoms with E-state index in [1.54, 1.807) is 30.3 Å². The molecule has 0 bridgehead atoms. The topological polar surface area (TPSA) is 111 Å². The summed E-state index contributed by atoms with van der Waals surface area (Å²) >= 11 is 0. The van der Waals surface area contributed by atoms with Crippen LogP contribution in [0.5, 0.6) is 5.75 Å². The highest BCUT2D eigenvalue weighted by molar-refractivity contribution is 6.02. The van der Waals surface area contributed by atoms with Crippen LogP contribution in [0.3, 0.4) is 0 Å². The van der Waals surface area contributed by atoms with Crippen molar-refractivity contribution < 1.29 is 28.7 Å². The molecule has 8 nitrogen and oxygen atoms in total. The molecular formula is C21H22N2O6. The van der Waals surface area contributed by atoms with E-state index < -0.39 is 31.1 Å². The fourth-order valence-electron chi connectivity index (χ4n) is 2.39. The monoisotopic (exact) mass is 398 g/mol. The van der Waals surface area contributed by atoms with Crippen LogP contribution in [0.25, 0.3) is 0 Å². The molecule has 0 radical (unpaired) electrons. The molecule has 152 valence electrons. The number of carbonyl (C=O) groups is 4. The second-order valence-electron chi connectivity index (χ2n) is 6.35. The van der Waals surface area contributed by atoms with E-state index in [1.807, 2.05) is 26.0 Å². The molecule has 0 unspecified atom stereocenters. The molecule has 0 aliphatic rings.